The Labute approximate surface area is 171 Å². The first-order valence-corrected chi connectivity index (χ1v) is 8.42. The molecule has 0 radical (unpaired) electrons. The van der Waals surface area contributed by atoms with Gasteiger partial charge in [0, 0.05) is 31.9 Å². The largest absolute Gasteiger partial charge is 0.492 e. The molecule has 0 atom stereocenters. The van der Waals surface area contributed by atoms with Crippen LogP contribution in [0.1, 0.15) is 17.8 Å². The zero-order valence-corrected chi connectivity index (χ0v) is 17.8. The molecule has 0 saturated carbocycles. The van der Waals surface area contributed by atoms with Gasteiger partial charge in [0.1, 0.15) is 18.2 Å². The van der Waals surface area contributed by atoms with Gasteiger partial charge in [0.25, 0.3) is 0 Å². The summed E-state index contributed by atoms with van der Waals surface area (Å²) in [5.74, 6) is 0.941. The van der Waals surface area contributed by atoms with Crippen molar-refractivity contribution in [2.24, 2.45) is 4.99 Å². The van der Waals surface area contributed by atoms with Crippen LogP contribution >= 0.6 is 24.0 Å². The summed E-state index contributed by atoms with van der Waals surface area (Å²) in [5, 5.41) is 10.9. The Morgan fingerprint density at radius 2 is 2.00 bits per heavy atom. The second-order valence-corrected chi connectivity index (χ2v) is 5.74. The van der Waals surface area contributed by atoms with Crippen molar-refractivity contribution in [2.75, 3.05) is 26.7 Å². The number of benzene rings is 1. The maximum atomic E-state index is 13.1. The van der Waals surface area contributed by atoms with Gasteiger partial charge in [0.15, 0.2) is 5.96 Å². The fraction of sp³-hybridized carbons (Fsp3) is 0.444. The Morgan fingerprint density at radius 1 is 1.23 bits per heavy atom. The lowest BCUT2D eigenvalue weighted by atomic mass is 10.3. The third-order valence-electron chi connectivity index (χ3n) is 3.63. The van der Waals surface area contributed by atoms with E-state index in [2.05, 4.69) is 33.7 Å². The van der Waals surface area contributed by atoms with Gasteiger partial charge in [-0.15, -0.1) is 24.0 Å². The van der Waals surface area contributed by atoms with Crippen molar-refractivity contribution in [1.82, 2.24) is 20.4 Å². The van der Waals surface area contributed by atoms with Crippen LogP contribution in [0, 0.1) is 19.7 Å². The maximum absolute atomic E-state index is 13.1. The predicted molar refractivity (Wildman–Crippen MR) is 113 cm³/mol. The van der Waals surface area contributed by atoms with Crippen LogP contribution in [0.3, 0.4) is 0 Å². The van der Waals surface area contributed by atoms with Crippen molar-refractivity contribution in [3.8, 4) is 5.75 Å². The number of aliphatic imine (C=N–C) groups is 1. The van der Waals surface area contributed by atoms with Crippen LogP contribution in [0.15, 0.2) is 35.3 Å². The molecule has 0 aliphatic heterocycles. The number of halogens is 2. The third-order valence-corrected chi connectivity index (χ3v) is 3.63. The Bertz CT molecular complexity index is 705. The number of ether oxygens (including phenoxy) is 1. The minimum Gasteiger partial charge on any atom is -0.492 e. The van der Waals surface area contributed by atoms with Crippen LogP contribution in [0.5, 0.6) is 5.75 Å². The first-order valence-electron chi connectivity index (χ1n) is 8.42. The highest BCUT2D eigenvalue weighted by molar-refractivity contribution is 14.0. The number of hydrogen-bond acceptors (Lipinski definition) is 3. The topological polar surface area (TPSA) is 63.5 Å². The summed E-state index contributed by atoms with van der Waals surface area (Å²) in [5.41, 5.74) is 2.22. The Balaban J connectivity index is 0.00000338. The molecule has 0 aliphatic rings. The van der Waals surface area contributed by atoms with Crippen molar-refractivity contribution in [3.63, 3.8) is 0 Å². The van der Waals surface area contributed by atoms with Crippen molar-refractivity contribution < 1.29 is 9.13 Å². The van der Waals surface area contributed by atoms with Crippen molar-refractivity contribution in [1.29, 1.82) is 0 Å². The van der Waals surface area contributed by atoms with Crippen molar-refractivity contribution in [2.45, 2.75) is 26.8 Å². The number of hydrogen-bond donors (Lipinski definition) is 2. The number of rotatable bonds is 8. The van der Waals surface area contributed by atoms with Crippen LogP contribution in [-0.2, 0) is 6.54 Å². The highest BCUT2D eigenvalue weighted by Gasteiger charge is 2.01. The number of aryl methyl sites for hydroxylation is 3. The van der Waals surface area contributed by atoms with Gasteiger partial charge in [-0.3, -0.25) is 9.67 Å². The minimum absolute atomic E-state index is 0. The van der Waals surface area contributed by atoms with E-state index >= 15 is 0 Å². The minimum atomic E-state index is -0.300. The Kier molecular flexibility index (Phi) is 10.0. The molecule has 1 aromatic heterocycles. The molecule has 1 aromatic carbocycles. The van der Waals surface area contributed by atoms with Crippen LogP contribution < -0.4 is 15.4 Å². The molecule has 1 heterocycles. The van der Waals surface area contributed by atoms with E-state index in [1.807, 2.05) is 11.6 Å². The molecule has 0 bridgehead atoms. The zero-order chi connectivity index (χ0) is 18.1. The molecule has 2 aromatic rings. The van der Waals surface area contributed by atoms with Gasteiger partial charge >= 0.3 is 0 Å². The molecule has 0 spiro atoms. The lowest BCUT2D eigenvalue weighted by molar-refractivity contribution is 0.320. The molecule has 0 saturated heterocycles. The first kappa shape index (κ1) is 22.2. The monoisotopic (exact) mass is 475 g/mol. The number of nitrogens with one attached hydrogen (secondary N) is 2. The molecule has 144 valence electrons. The quantitative estimate of drug-likeness (QED) is 0.267. The fourth-order valence-corrected chi connectivity index (χ4v) is 2.45. The summed E-state index contributed by atoms with van der Waals surface area (Å²) < 4.78 is 20.5. The fourth-order valence-electron chi connectivity index (χ4n) is 2.45. The molecule has 0 unspecified atom stereocenters. The van der Waals surface area contributed by atoms with Crippen LogP contribution in [0.25, 0.3) is 0 Å². The lowest BCUT2D eigenvalue weighted by Gasteiger charge is -2.13. The highest BCUT2D eigenvalue weighted by atomic mass is 127. The lowest BCUT2D eigenvalue weighted by Crippen LogP contribution is -2.39. The van der Waals surface area contributed by atoms with Gasteiger partial charge < -0.3 is 15.4 Å². The van der Waals surface area contributed by atoms with Gasteiger partial charge in [0.05, 0.1) is 12.2 Å². The summed E-state index contributed by atoms with van der Waals surface area (Å²) in [4.78, 5) is 4.17. The van der Waals surface area contributed by atoms with E-state index in [4.69, 9.17) is 4.74 Å². The molecule has 2 N–H and O–H groups in total. The first-order chi connectivity index (χ1) is 12.1. The Hall–Kier alpha value is -1.84. The smallest absolute Gasteiger partial charge is 0.191 e. The molecule has 2 rings (SSSR count). The molecule has 0 aliphatic carbocycles. The van der Waals surface area contributed by atoms with Crippen LogP contribution in [-0.4, -0.2) is 42.5 Å². The standard InChI is InChI=1S/C18H26FN5O.HI/c1-14-12-15(2)24(23-14)10-5-8-21-18(20-3)22-9-11-25-17-7-4-6-16(19)13-17;/h4,6-7,12-13H,5,8-11H2,1-3H3,(H2,20,21,22);1H. The Morgan fingerprint density at radius 3 is 2.65 bits per heavy atom. The van der Waals surface area contributed by atoms with Gasteiger partial charge in [-0.25, -0.2) is 4.39 Å². The maximum Gasteiger partial charge on any atom is 0.191 e. The van der Waals surface area contributed by atoms with E-state index in [0.717, 1.165) is 31.2 Å². The molecule has 0 fully saturated rings. The van der Waals surface area contributed by atoms with E-state index in [1.54, 1.807) is 19.2 Å². The van der Waals surface area contributed by atoms with E-state index < -0.39 is 0 Å². The summed E-state index contributed by atoms with van der Waals surface area (Å²) in [6.45, 7) is 6.73. The molecular formula is C18H27FIN5O. The summed E-state index contributed by atoms with van der Waals surface area (Å²) in [6.07, 6.45) is 0.947. The van der Waals surface area contributed by atoms with Gasteiger partial charge in [0.2, 0.25) is 0 Å². The van der Waals surface area contributed by atoms with E-state index in [1.165, 1.54) is 17.8 Å². The molecule has 6 nitrogen and oxygen atoms in total. The average Bonchev–Trinajstić information content (AvgIpc) is 2.91. The molecule has 26 heavy (non-hydrogen) atoms. The average molecular weight is 475 g/mol. The van der Waals surface area contributed by atoms with Crippen molar-refractivity contribution in [3.05, 3.63) is 47.5 Å². The molecule has 8 heteroatoms. The van der Waals surface area contributed by atoms with E-state index in [-0.39, 0.29) is 29.8 Å². The van der Waals surface area contributed by atoms with Gasteiger partial charge in [-0.05, 0) is 38.5 Å². The molecule has 0 amide bonds. The number of nitrogens with zero attached hydrogens (tertiary/aromatic N) is 3. The van der Waals surface area contributed by atoms with Crippen LogP contribution in [0.4, 0.5) is 4.39 Å². The van der Waals surface area contributed by atoms with E-state index in [9.17, 15) is 4.39 Å². The number of guanidine groups is 1. The SMILES string of the molecule is CN=C(NCCCn1nc(C)cc1C)NCCOc1cccc(F)c1.I. The van der Waals surface area contributed by atoms with Gasteiger partial charge in [-0.2, -0.15) is 5.10 Å². The number of aromatic nitrogens is 2. The second kappa shape index (κ2) is 11.7. The predicted octanol–water partition coefficient (Wildman–Crippen LogP) is 2.89. The highest BCUT2D eigenvalue weighted by Crippen LogP contribution is 2.11. The second-order valence-electron chi connectivity index (χ2n) is 5.74. The summed E-state index contributed by atoms with van der Waals surface area (Å²) in [7, 11) is 1.73. The summed E-state index contributed by atoms with van der Waals surface area (Å²) >= 11 is 0. The van der Waals surface area contributed by atoms with Crippen LogP contribution in [0.2, 0.25) is 0 Å². The van der Waals surface area contributed by atoms with E-state index in [0.29, 0.717) is 18.9 Å². The zero-order valence-electron chi connectivity index (χ0n) is 15.5. The molecular weight excluding hydrogens is 448 g/mol. The summed E-state index contributed by atoms with van der Waals surface area (Å²) in [6, 6.07) is 8.19. The van der Waals surface area contributed by atoms with Crippen molar-refractivity contribution >= 4 is 29.9 Å². The third kappa shape index (κ3) is 7.59. The van der Waals surface area contributed by atoms with Gasteiger partial charge in [-0.1, -0.05) is 6.07 Å². The normalized spacial score (nSPS) is 11.0.